The summed E-state index contributed by atoms with van der Waals surface area (Å²) in [6, 6.07) is 1.10. The summed E-state index contributed by atoms with van der Waals surface area (Å²) in [5.41, 5.74) is 6.91. The van der Waals surface area contributed by atoms with Crippen molar-refractivity contribution in [3.63, 3.8) is 0 Å². The molecular weight excluding hydrogens is 280 g/mol. The molecule has 0 unspecified atom stereocenters. The maximum atomic E-state index is 10.6. The molecule has 0 saturated heterocycles. The highest BCUT2D eigenvalue weighted by atomic mass is 16.3. The van der Waals surface area contributed by atoms with Crippen LogP contribution < -0.4 is 34.0 Å². The van der Waals surface area contributed by atoms with E-state index in [4.69, 9.17) is 11.5 Å². The van der Waals surface area contributed by atoms with Crippen molar-refractivity contribution in [1.82, 2.24) is 19.9 Å². The Morgan fingerprint density at radius 1 is 0.900 bits per heavy atom. The van der Waals surface area contributed by atoms with Gasteiger partial charge in [0.2, 0.25) is 5.69 Å². The summed E-state index contributed by atoms with van der Waals surface area (Å²) in [6.07, 6.45) is 0. The standard InChI is InChI=1S/C4H4N4O3.C4H5N3O2/c5-2-1(8-11)3(9)7-4(10)6-2;5-2-1-3(8)7-4(9)6-2/h(H4,5,6,7,9,10);1H,(H4,5,6,7,8,9)/i2*4+1,6+1,7+1. The zero-order valence-electron chi connectivity index (χ0n) is 9.72. The largest absolute Gasteiger partial charge is 0.385 e. The number of nitroso groups, excluding NO2 is 1. The van der Waals surface area contributed by atoms with Crippen LogP contribution in [0.1, 0.15) is 0 Å². The van der Waals surface area contributed by atoms with Gasteiger partial charge in [0.1, 0.15) is 11.6 Å². The monoisotopic (exact) mass is 289 g/mol. The molecule has 0 spiro atoms. The number of nitrogens with zero attached hydrogens (tertiary/aromatic N) is 1. The molecule has 2 aromatic rings. The number of H-pyrrole nitrogens is 4. The molecule has 0 aliphatic heterocycles. The van der Waals surface area contributed by atoms with Gasteiger partial charge in [-0.05, 0) is 5.18 Å². The summed E-state index contributed by atoms with van der Waals surface area (Å²) in [6.45, 7) is 0. The molecule has 2 aromatic heterocycles. The van der Waals surface area contributed by atoms with E-state index in [0.717, 1.165) is 6.07 Å². The molecule has 0 fully saturated rings. The average molecular weight is 289 g/mol. The minimum Gasteiger partial charge on any atom is -0.385 e. The third kappa shape index (κ3) is 3.80. The quantitative estimate of drug-likeness (QED) is 0.315. The SMILES string of the molecule is Nc1[15nH][13c](=O)[15nH]c(=O)c1N=O.Nc1cc(=O)[15nH][13c](=O)[15nH]1. The van der Waals surface area contributed by atoms with Gasteiger partial charge in [-0.3, -0.25) is 29.5 Å². The van der Waals surface area contributed by atoms with Crippen molar-refractivity contribution in [1.29, 1.82) is 0 Å². The first kappa shape index (κ1) is 14.6. The van der Waals surface area contributed by atoms with Crippen molar-refractivity contribution in [2.24, 2.45) is 5.18 Å². The second kappa shape index (κ2) is 5.94. The lowest BCUT2D eigenvalue weighted by Gasteiger charge is -1.91. The van der Waals surface area contributed by atoms with Gasteiger partial charge >= 0.3 is 11.4 Å². The summed E-state index contributed by atoms with van der Waals surface area (Å²) in [5.74, 6) is -0.252. The Morgan fingerprint density at radius 3 is 1.95 bits per heavy atom. The summed E-state index contributed by atoms with van der Waals surface area (Å²) >= 11 is 0. The zero-order chi connectivity index (χ0) is 15.3. The minimum atomic E-state index is -0.888. The topological polar surface area (TPSA) is 213 Å². The highest BCUT2D eigenvalue weighted by molar-refractivity contribution is 5.54. The molecule has 0 aliphatic rings. The Hall–Kier alpha value is -3.44. The molecule has 0 amide bonds. The van der Waals surface area contributed by atoms with Crippen LogP contribution in [0, 0.1) is 4.91 Å². The van der Waals surface area contributed by atoms with E-state index in [2.05, 4.69) is 10.2 Å². The number of aromatic nitrogens is 4. The summed E-state index contributed by atoms with van der Waals surface area (Å²) in [7, 11) is 0. The predicted octanol–water partition coefficient (Wildman–Crippen LogP) is -2.31. The molecule has 0 aliphatic carbocycles. The lowest BCUT2D eigenvalue weighted by Crippen LogP contribution is -2.23. The number of rotatable bonds is 1. The molecule has 0 radical (unpaired) electrons. The average Bonchev–Trinajstić information content (AvgIpc) is 2.26. The smallest absolute Gasteiger partial charge is 0.327 e. The number of nitrogens with one attached hydrogen (secondary N) is 4. The lowest BCUT2D eigenvalue weighted by molar-refractivity contribution is 1.04. The Kier molecular flexibility index (Phi) is 4.34. The Balaban J connectivity index is 0.000000204. The summed E-state index contributed by atoms with van der Waals surface area (Å²) < 4.78 is 0. The van der Waals surface area contributed by atoms with Crippen molar-refractivity contribution in [2.75, 3.05) is 11.5 Å². The van der Waals surface area contributed by atoms with Crippen LogP contribution in [0.4, 0.5) is 17.3 Å². The molecule has 0 saturated carbocycles. The molecule has 2 heterocycles. The van der Waals surface area contributed by atoms with Gasteiger partial charge < -0.3 is 11.5 Å². The third-order valence-corrected chi connectivity index (χ3v) is 1.82. The van der Waals surface area contributed by atoms with Gasteiger partial charge in [-0.2, -0.15) is 0 Å². The first-order valence-corrected chi connectivity index (χ1v) is 4.88. The van der Waals surface area contributed by atoms with E-state index in [0.29, 0.717) is 0 Å². The predicted molar refractivity (Wildman–Crippen MR) is 69.6 cm³/mol. The molecule has 106 valence electrons. The van der Waals surface area contributed by atoms with Crippen LogP contribution in [0.5, 0.6) is 0 Å². The fourth-order valence-corrected chi connectivity index (χ4v) is 1.08. The Labute approximate surface area is 107 Å². The van der Waals surface area contributed by atoms with Gasteiger partial charge in [0.25, 0.3) is 11.1 Å². The minimum absolute atomic E-state index is 0.0729. The van der Waals surface area contributed by atoms with Gasteiger partial charge in [-0.25, -0.2) is 9.59 Å². The lowest BCUT2D eigenvalue weighted by atomic mass is 10.5. The van der Waals surface area contributed by atoms with Gasteiger partial charge in [-0.15, -0.1) is 4.91 Å². The van der Waals surface area contributed by atoms with E-state index >= 15 is 0 Å². The molecular formula is C8H9N7O5. The normalized spacial score (nSPS) is 9.40. The van der Waals surface area contributed by atoms with Crippen LogP contribution in [0.15, 0.2) is 30.4 Å². The first-order valence-electron chi connectivity index (χ1n) is 4.88. The molecule has 0 atom stereocenters. The first-order chi connectivity index (χ1) is 9.33. The molecule has 0 aromatic carbocycles. The van der Waals surface area contributed by atoms with Crippen LogP contribution in [0.3, 0.4) is 0 Å². The second-order valence-electron chi connectivity index (χ2n) is 3.30. The summed E-state index contributed by atoms with van der Waals surface area (Å²) in [4.78, 5) is 59.6. The molecule has 20 heavy (non-hydrogen) atoms. The molecule has 0 bridgehead atoms. The van der Waals surface area contributed by atoms with E-state index in [-0.39, 0.29) is 11.6 Å². The number of nitrogens with two attached hydrogens (primary N) is 2. The number of anilines is 2. The van der Waals surface area contributed by atoms with Crippen molar-refractivity contribution in [3.05, 3.63) is 52.6 Å². The van der Waals surface area contributed by atoms with E-state index in [9.17, 15) is 24.1 Å². The van der Waals surface area contributed by atoms with Gasteiger partial charge in [-0.1, -0.05) is 0 Å². The van der Waals surface area contributed by atoms with Crippen LogP contribution in [0.25, 0.3) is 0 Å². The summed E-state index contributed by atoms with van der Waals surface area (Å²) in [5, 5.41) is 2.32. The van der Waals surface area contributed by atoms with Crippen LogP contribution in [-0.4, -0.2) is 19.9 Å². The molecule has 8 N–H and O–H groups in total. The zero-order valence-corrected chi connectivity index (χ0v) is 9.72. The number of aromatic amines is 4. The van der Waals surface area contributed by atoms with Crippen molar-refractivity contribution >= 4 is 17.3 Å². The second-order valence-corrected chi connectivity index (χ2v) is 3.30. The highest BCUT2D eigenvalue weighted by Gasteiger charge is 2.04. The molecule has 12 nitrogen and oxygen atoms in total. The third-order valence-electron chi connectivity index (χ3n) is 1.82. The maximum absolute atomic E-state index is 10.6. The van der Waals surface area contributed by atoms with Crippen molar-refractivity contribution in [3.8, 4) is 0 Å². The maximum Gasteiger partial charge on any atom is 0.327 e. The van der Waals surface area contributed by atoms with Crippen LogP contribution >= 0.6 is 0 Å². The van der Waals surface area contributed by atoms with Crippen molar-refractivity contribution < 1.29 is 0 Å². The van der Waals surface area contributed by atoms with E-state index in [1.54, 1.807) is 4.98 Å². The van der Waals surface area contributed by atoms with Gasteiger partial charge in [0, 0.05) is 6.07 Å². The van der Waals surface area contributed by atoms with Crippen molar-refractivity contribution in [2.45, 2.75) is 0 Å². The fourth-order valence-electron chi connectivity index (χ4n) is 1.08. The fraction of sp³-hybridized carbons (Fsp3) is 0. The molecule has 2 rings (SSSR count). The number of hydrogen-bond acceptors (Lipinski definition) is 8. The van der Waals surface area contributed by atoms with Gasteiger partial charge in [0.15, 0.2) is 0 Å². The van der Waals surface area contributed by atoms with Crippen LogP contribution in [0.2, 0.25) is 0 Å². The van der Waals surface area contributed by atoms with E-state index in [1.807, 2.05) is 9.97 Å². The number of hydrogen-bond donors (Lipinski definition) is 6. The van der Waals surface area contributed by atoms with E-state index in [1.165, 1.54) is 0 Å². The highest BCUT2D eigenvalue weighted by Crippen LogP contribution is 2.07. The Morgan fingerprint density at radius 2 is 1.50 bits per heavy atom. The number of nitrogen functional groups attached to an aromatic ring is 2. The van der Waals surface area contributed by atoms with E-state index < -0.39 is 28.2 Å². The van der Waals surface area contributed by atoms with Gasteiger partial charge in [0.05, 0.1) is 0 Å². The van der Waals surface area contributed by atoms with Crippen LogP contribution in [-0.2, 0) is 0 Å². The Bertz CT molecular complexity index is 813. The molecule has 12 heteroatoms.